The molecule has 1 unspecified atom stereocenters. The van der Waals surface area contributed by atoms with Crippen LogP contribution in [0.15, 0.2) is 12.4 Å². The van der Waals surface area contributed by atoms with Crippen LogP contribution in [0.2, 0.25) is 0 Å². The van der Waals surface area contributed by atoms with E-state index in [-0.39, 0.29) is 6.03 Å². The molecule has 0 bridgehead atoms. The minimum Gasteiger partial charge on any atom is -0.386 e. The highest BCUT2D eigenvalue weighted by molar-refractivity contribution is 5.93. The van der Waals surface area contributed by atoms with Crippen molar-refractivity contribution in [2.75, 3.05) is 50.8 Å². The molecule has 1 aromatic heterocycles. The molecule has 4 heterocycles. The summed E-state index contributed by atoms with van der Waals surface area (Å²) < 4.78 is 7.33. The van der Waals surface area contributed by atoms with Crippen molar-refractivity contribution < 1.29 is 14.6 Å². The van der Waals surface area contributed by atoms with Crippen LogP contribution < -0.4 is 10.2 Å². The van der Waals surface area contributed by atoms with Gasteiger partial charge in [0, 0.05) is 45.5 Å². The maximum atomic E-state index is 11.7. The fraction of sp³-hybridized carbons (Fsp3) is 0.733. The van der Waals surface area contributed by atoms with Crippen LogP contribution >= 0.6 is 0 Å². The number of amides is 2. The molecule has 126 valence electrons. The van der Waals surface area contributed by atoms with Crippen LogP contribution in [-0.4, -0.2) is 77.4 Å². The van der Waals surface area contributed by atoms with Crippen molar-refractivity contribution in [2.45, 2.75) is 24.5 Å². The first-order valence-electron chi connectivity index (χ1n) is 8.25. The molecule has 0 spiro atoms. The van der Waals surface area contributed by atoms with Gasteiger partial charge in [-0.1, -0.05) is 0 Å². The van der Waals surface area contributed by atoms with Crippen molar-refractivity contribution in [3.8, 4) is 0 Å². The summed E-state index contributed by atoms with van der Waals surface area (Å²) in [4.78, 5) is 15.6. The van der Waals surface area contributed by atoms with Crippen molar-refractivity contribution in [3.63, 3.8) is 0 Å². The standard InChI is InChI=1S/C15H23N5O3/c21-14-16-3-4-19(14)12-6-17-20(9-12)13-7-18(8-13)10-15(22)2-1-5-23-11-15/h6,9,13,22H,1-5,7-8,10-11H2,(H,16,21). The lowest BCUT2D eigenvalue weighted by atomic mass is 9.94. The van der Waals surface area contributed by atoms with Crippen molar-refractivity contribution in [1.29, 1.82) is 0 Å². The topological polar surface area (TPSA) is 82.9 Å². The highest BCUT2D eigenvalue weighted by Gasteiger charge is 2.38. The number of nitrogens with one attached hydrogen (secondary N) is 1. The summed E-state index contributed by atoms with van der Waals surface area (Å²) >= 11 is 0. The number of ether oxygens (including phenoxy) is 1. The maximum Gasteiger partial charge on any atom is 0.322 e. The highest BCUT2D eigenvalue weighted by Crippen LogP contribution is 2.28. The summed E-state index contributed by atoms with van der Waals surface area (Å²) in [5.41, 5.74) is 0.143. The summed E-state index contributed by atoms with van der Waals surface area (Å²) in [6, 6.07) is 0.252. The number of aliphatic hydroxyl groups is 1. The lowest BCUT2D eigenvalue weighted by Gasteiger charge is -2.44. The zero-order chi connectivity index (χ0) is 15.9. The average Bonchev–Trinajstić information content (AvgIpc) is 3.12. The third-order valence-electron chi connectivity index (χ3n) is 4.89. The molecule has 1 aromatic rings. The van der Waals surface area contributed by atoms with Gasteiger partial charge in [-0.3, -0.25) is 14.5 Å². The number of urea groups is 1. The first-order chi connectivity index (χ1) is 11.1. The van der Waals surface area contributed by atoms with Crippen molar-refractivity contribution in [2.24, 2.45) is 0 Å². The Morgan fingerprint density at radius 3 is 3.04 bits per heavy atom. The zero-order valence-corrected chi connectivity index (χ0v) is 13.1. The Kier molecular flexibility index (Phi) is 3.74. The van der Waals surface area contributed by atoms with E-state index in [1.807, 2.05) is 10.9 Å². The van der Waals surface area contributed by atoms with Gasteiger partial charge in [0.2, 0.25) is 0 Å². The van der Waals surface area contributed by atoms with E-state index in [9.17, 15) is 9.90 Å². The van der Waals surface area contributed by atoms with Crippen LogP contribution in [0.5, 0.6) is 0 Å². The maximum absolute atomic E-state index is 11.7. The monoisotopic (exact) mass is 321 g/mol. The van der Waals surface area contributed by atoms with Gasteiger partial charge in [0.25, 0.3) is 0 Å². The van der Waals surface area contributed by atoms with Gasteiger partial charge in [-0.25, -0.2) is 4.79 Å². The Balaban J connectivity index is 1.32. The molecular formula is C15H23N5O3. The van der Waals surface area contributed by atoms with E-state index in [0.29, 0.717) is 32.3 Å². The van der Waals surface area contributed by atoms with Gasteiger partial charge in [0.05, 0.1) is 24.5 Å². The molecule has 8 heteroatoms. The summed E-state index contributed by atoms with van der Waals surface area (Å²) in [7, 11) is 0. The second-order valence-electron chi connectivity index (χ2n) is 6.79. The molecule has 2 amide bonds. The second kappa shape index (κ2) is 5.77. The SMILES string of the molecule is O=C1NCCN1c1cnn(C2CN(CC3(O)CCCOC3)C2)c1. The van der Waals surface area contributed by atoms with Crippen LogP contribution in [0.25, 0.3) is 0 Å². The Hall–Kier alpha value is -1.64. The van der Waals surface area contributed by atoms with E-state index < -0.39 is 5.60 Å². The number of aromatic nitrogens is 2. The Labute approximate surface area is 135 Å². The first-order valence-corrected chi connectivity index (χ1v) is 8.25. The molecule has 0 aromatic carbocycles. The predicted molar refractivity (Wildman–Crippen MR) is 83.5 cm³/mol. The number of hydrogen-bond acceptors (Lipinski definition) is 5. The fourth-order valence-electron chi connectivity index (χ4n) is 3.60. The number of hydrogen-bond donors (Lipinski definition) is 2. The molecule has 3 aliphatic heterocycles. The molecule has 0 radical (unpaired) electrons. The smallest absolute Gasteiger partial charge is 0.322 e. The van der Waals surface area contributed by atoms with Crippen molar-refractivity contribution in [3.05, 3.63) is 12.4 Å². The number of nitrogens with zero attached hydrogens (tertiary/aromatic N) is 4. The molecule has 3 aliphatic rings. The molecule has 4 rings (SSSR count). The van der Waals surface area contributed by atoms with Gasteiger partial charge in [0.1, 0.15) is 5.60 Å². The zero-order valence-electron chi connectivity index (χ0n) is 13.1. The van der Waals surface area contributed by atoms with E-state index in [1.165, 1.54) is 0 Å². The molecule has 3 saturated heterocycles. The molecular weight excluding hydrogens is 298 g/mol. The second-order valence-corrected chi connectivity index (χ2v) is 6.79. The molecule has 0 saturated carbocycles. The van der Waals surface area contributed by atoms with E-state index in [0.717, 1.165) is 38.2 Å². The lowest BCUT2D eigenvalue weighted by molar-refractivity contribution is -0.112. The summed E-state index contributed by atoms with van der Waals surface area (Å²) in [6.45, 7) is 4.96. The van der Waals surface area contributed by atoms with Crippen LogP contribution in [0, 0.1) is 0 Å². The molecule has 1 atom stereocenters. The Morgan fingerprint density at radius 1 is 1.48 bits per heavy atom. The molecule has 3 fully saturated rings. The number of carbonyl (C=O) groups is 1. The van der Waals surface area contributed by atoms with Crippen molar-refractivity contribution >= 4 is 11.7 Å². The molecule has 0 aliphatic carbocycles. The van der Waals surface area contributed by atoms with Crippen LogP contribution in [0.1, 0.15) is 18.9 Å². The third kappa shape index (κ3) is 2.93. The fourth-order valence-corrected chi connectivity index (χ4v) is 3.60. The third-order valence-corrected chi connectivity index (χ3v) is 4.89. The van der Waals surface area contributed by atoms with Gasteiger partial charge < -0.3 is 15.2 Å². The van der Waals surface area contributed by atoms with Gasteiger partial charge >= 0.3 is 6.03 Å². The minimum absolute atomic E-state index is 0.0562. The van der Waals surface area contributed by atoms with Gasteiger partial charge in [-0.15, -0.1) is 0 Å². The number of carbonyl (C=O) groups excluding carboxylic acids is 1. The first kappa shape index (κ1) is 14.9. The van der Waals surface area contributed by atoms with Gasteiger partial charge in [-0.05, 0) is 12.8 Å². The summed E-state index contributed by atoms with van der Waals surface area (Å²) in [5.74, 6) is 0. The van der Waals surface area contributed by atoms with E-state index >= 15 is 0 Å². The van der Waals surface area contributed by atoms with Gasteiger partial charge in [-0.2, -0.15) is 5.10 Å². The molecule has 8 nitrogen and oxygen atoms in total. The lowest BCUT2D eigenvalue weighted by Crippen LogP contribution is -2.56. The van der Waals surface area contributed by atoms with Crippen molar-refractivity contribution in [1.82, 2.24) is 20.0 Å². The quantitative estimate of drug-likeness (QED) is 0.803. The van der Waals surface area contributed by atoms with E-state index in [1.54, 1.807) is 11.1 Å². The number of β-amino-alcohol motifs (C(OH)–C–C–N with tert-alkyl or cyclic N) is 1. The highest BCUT2D eigenvalue weighted by atomic mass is 16.5. The summed E-state index contributed by atoms with van der Waals surface area (Å²) in [6.07, 6.45) is 5.42. The largest absolute Gasteiger partial charge is 0.386 e. The average molecular weight is 321 g/mol. The number of rotatable bonds is 4. The number of anilines is 1. The number of likely N-dealkylation sites (tertiary alicyclic amines) is 1. The van der Waals surface area contributed by atoms with E-state index in [4.69, 9.17) is 4.74 Å². The van der Waals surface area contributed by atoms with Crippen LogP contribution in [0.4, 0.5) is 10.5 Å². The Morgan fingerprint density at radius 2 is 2.35 bits per heavy atom. The summed E-state index contributed by atoms with van der Waals surface area (Å²) in [5, 5.41) is 17.7. The normalized spacial score (nSPS) is 29.6. The van der Waals surface area contributed by atoms with E-state index in [2.05, 4.69) is 15.3 Å². The van der Waals surface area contributed by atoms with Crippen LogP contribution in [-0.2, 0) is 4.74 Å². The predicted octanol–water partition coefficient (Wildman–Crippen LogP) is -0.189. The molecule has 23 heavy (non-hydrogen) atoms. The molecule has 2 N–H and O–H groups in total. The minimum atomic E-state index is -0.702. The Bertz CT molecular complexity index is 577. The van der Waals surface area contributed by atoms with Crippen LogP contribution in [0.3, 0.4) is 0 Å². The van der Waals surface area contributed by atoms with Gasteiger partial charge in [0.15, 0.2) is 0 Å².